The van der Waals surface area contributed by atoms with E-state index in [-0.39, 0.29) is 23.7 Å². The Morgan fingerprint density at radius 3 is 2.11 bits per heavy atom. The fourth-order valence-electron chi connectivity index (χ4n) is 1.93. The number of nitrogens with zero attached hydrogens (tertiary/aromatic N) is 2. The molecule has 0 saturated heterocycles. The van der Waals surface area contributed by atoms with Crippen molar-refractivity contribution in [2.75, 3.05) is 18.1 Å². The van der Waals surface area contributed by atoms with Crippen LogP contribution >= 0.6 is 0 Å². The second-order valence-corrected chi connectivity index (χ2v) is 8.37. The van der Waals surface area contributed by atoms with Crippen molar-refractivity contribution >= 4 is 37.3 Å². The lowest BCUT2D eigenvalue weighted by atomic mass is 10.2. The first-order chi connectivity index (χ1) is 12.5. The van der Waals surface area contributed by atoms with Gasteiger partial charge in [0.05, 0.1) is 34.3 Å². The molecule has 0 radical (unpaired) electrons. The summed E-state index contributed by atoms with van der Waals surface area (Å²) in [5.74, 6) is -0.144. The van der Waals surface area contributed by atoms with Gasteiger partial charge in [0.15, 0.2) is 0 Å². The molecule has 2 rings (SSSR count). The largest absolute Gasteiger partial charge is 0.491 e. The summed E-state index contributed by atoms with van der Waals surface area (Å²) in [6.45, 7) is 0.0294. The molecule has 27 heavy (non-hydrogen) atoms. The van der Waals surface area contributed by atoms with Crippen LogP contribution in [0.1, 0.15) is 6.42 Å². The highest BCUT2D eigenvalue weighted by Gasteiger charge is 2.08. The van der Waals surface area contributed by atoms with Gasteiger partial charge in [-0.3, -0.25) is 9.11 Å². The van der Waals surface area contributed by atoms with Crippen LogP contribution < -0.4 is 10.5 Å². The van der Waals surface area contributed by atoms with Crippen molar-refractivity contribution in [3.63, 3.8) is 0 Å². The fourth-order valence-corrected chi connectivity index (χ4v) is 2.90. The average molecular weight is 415 g/mol. The molecule has 0 saturated carbocycles. The third-order valence-electron chi connectivity index (χ3n) is 3.22. The SMILES string of the molecule is Nc1ccc(N=Nc2ccc(S(=O)(=O)O)cc2)cc1OCCCS(=O)(=O)O. The summed E-state index contributed by atoms with van der Waals surface area (Å²) in [5.41, 5.74) is 6.85. The quantitative estimate of drug-likeness (QED) is 0.256. The van der Waals surface area contributed by atoms with Crippen molar-refractivity contribution < 1.29 is 30.7 Å². The monoisotopic (exact) mass is 415 g/mol. The molecule has 4 N–H and O–H groups in total. The molecular weight excluding hydrogens is 398 g/mol. The Kier molecular flexibility index (Phi) is 6.49. The van der Waals surface area contributed by atoms with E-state index < -0.39 is 26.0 Å². The van der Waals surface area contributed by atoms with Gasteiger partial charge in [-0.1, -0.05) is 0 Å². The first-order valence-electron chi connectivity index (χ1n) is 7.51. The maximum atomic E-state index is 11.0. The Labute approximate surface area is 156 Å². The smallest absolute Gasteiger partial charge is 0.294 e. The van der Waals surface area contributed by atoms with Crippen molar-refractivity contribution in [1.82, 2.24) is 0 Å². The highest BCUT2D eigenvalue weighted by molar-refractivity contribution is 7.86. The summed E-state index contributed by atoms with van der Waals surface area (Å²) in [7, 11) is -8.32. The van der Waals surface area contributed by atoms with E-state index in [9.17, 15) is 16.8 Å². The third-order valence-corrected chi connectivity index (χ3v) is 4.89. The molecule has 0 aliphatic heterocycles. The molecule has 0 atom stereocenters. The Morgan fingerprint density at radius 1 is 0.926 bits per heavy atom. The lowest BCUT2D eigenvalue weighted by molar-refractivity contribution is 0.318. The molecule has 2 aromatic rings. The van der Waals surface area contributed by atoms with Gasteiger partial charge < -0.3 is 10.5 Å². The Bertz CT molecular complexity index is 1030. The molecule has 0 spiro atoms. The number of anilines is 1. The van der Waals surface area contributed by atoms with Crippen LogP contribution in [0, 0.1) is 0 Å². The van der Waals surface area contributed by atoms with Crippen LogP contribution in [-0.2, 0) is 20.2 Å². The maximum absolute atomic E-state index is 11.0. The zero-order valence-electron chi connectivity index (χ0n) is 13.9. The highest BCUT2D eigenvalue weighted by Crippen LogP contribution is 2.28. The molecular formula is C15H17N3O7S2. The summed E-state index contributed by atoms with van der Waals surface area (Å²) < 4.78 is 66.3. The Hall–Kier alpha value is -2.54. The molecule has 10 nitrogen and oxygen atoms in total. The number of ether oxygens (including phenoxy) is 1. The minimum Gasteiger partial charge on any atom is -0.491 e. The van der Waals surface area contributed by atoms with E-state index in [2.05, 4.69) is 10.2 Å². The summed E-state index contributed by atoms with van der Waals surface area (Å²) in [6.07, 6.45) is 0.0874. The van der Waals surface area contributed by atoms with Crippen LogP contribution in [0.4, 0.5) is 17.1 Å². The molecule has 2 aromatic carbocycles. The predicted molar refractivity (Wildman–Crippen MR) is 97.8 cm³/mol. The van der Waals surface area contributed by atoms with Crippen LogP contribution in [0.5, 0.6) is 5.75 Å². The summed E-state index contributed by atoms with van der Waals surface area (Å²) in [6, 6.07) is 9.74. The Balaban J connectivity index is 2.05. The van der Waals surface area contributed by atoms with Gasteiger partial charge in [0.1, 0.15) is 5.75 Å². The fraction of sp³-hybridized carbons (Fsp3) is 0.200. The van der Waals surface area contributed by atoms with Crippen molar-refractivity contribution in [2.24, 2.45) is 10.2 Å². The molecule has 12 heteroatoms. The van der Waals surface area contributed by atoms with E-state index in [0.29, 0.717) is 17.1 Å². The summed E-state index contributed by atoms with van der Waals surface area (Å²) in [4.78, 5) is -0.255. The second kappa shape index (κ2) is 8.43. The number of rotatable bonds is 8. The van der Waals surface area contributed by atoms with Gasteiger partial charge in [-0.05, 0) is 42.8 Å². The zero-order valence-corrected chi connectivity index (χ0v) is 15.5. The molecule has 0 aromatic heterocycles. The molecule has 0 aliphatic carbocycles. The highest BCUT2D eigenvalue weighted by atomic mass is 32.2. The van der Waals surface area contributed by atoms with E-state index in [1.54, 1.807) is 6.07 Å². The van der Waals surface area contributed by atoms with Gasteiger partial charge in [0.25, 0.3) is 20.2 Å². The van der Waals surface area contributed by atoms with Crippen molar-refractivity contribution in [3.05, 3.63) is 42.5 Å². The van der Waals surface area contributed by atoms with Crippen molar-refractivity contribution in [2.45, 2.75) is 11.3 Å². The molecule has 0 aliphatic rings. The maximum Gasteiger partial charge on any atom is 0.294 e. The van der Waals surface area contributed by atoms with E-state index >= 15 is 0 Å². The van der Waals surface area contributed by atoms with E-state index in [1.165, 1.54) is 36.4 Å². The molecule has 0 fully saturated rings. The Morgan fingerprint density at radius 2 is 1.52 bits per heavy atom. The van der Waals surface area contributed by atoms with Gasteiger partial charge in [-0.2, -0.15) is 27.1 Å². The summed E-state index contributed by atoms with van der Waals surface area (Å²) in [5, 5.41) is 7.92. The van der Waals surface area contributed by atoms with Gasteiger partial charge in [0, 0.05) is 6.07 Å². The van der Waals surface area contributed by atoms with Gasteiger partial charge in [-0.15, -0.1) is 0 Å². The standard InChI is InChI=1S/C15H17N3O7S2/c16-14-7-4-12(10-15(14)25-8-1-9-26(19,20)21)18-17-11-2-5-13(6-3-11)27(22,23)24/h2-7,10H,1,8-9,16H2,(H,19,20,21)(H,22,23,24). The lowest BCUT2D eigenvalue weighted by Gasteiger charge is -2.08. The van der Waals surface area contributed by atoms with Gasteiger partial charge >= 0.3 is 0 Å². The third kappa shape index (κ3) is 6.94. The number of hydrogen-bond acceptors (Lipinski definition) is 8. The minimum atomic E-state index is -4.27. The number of nitrogens with two attached hydrogens (primary N) is 1. The van der Waals surface area contributed by atoms with Crippen LogP contribution in [-0.4, -0.2) is 38.3 Å². The molecule has 0 heterocycles. The average Bonchev–Trinajstić information content (AvgIpc) is 2.57. The minimum absolute atomic E-state index is 0.0294. The predicted octanol–water partition coefficient (Wildman–Crippen LogP) is 2.59. The first kappa shape index (κ1) is 20.8. The number of hydrogen-bond donors (Lipinski definition) is 3. The van der Waals surface area contributed by atoms with Crippen LogP contribution in [0.15, 0.2) is 57.6 Å². The molecule has 146 valence electrons. The first-order valence-corrected chi connectivity index (χ1v) is 10.6. The van der Waals surface area contributed by atoms with E-state index in [1.807, 2.05) is 0 Å². The van der Waals surface area contributed by atoms with E-state index in [0.717, 1.165) is 0 Å². The molecule has 0 amide bonds. The van der Waals surface area contributed by atoms with Crippen molar-refractivity contribution in [1.29, 1.82) is 0 Å². The number of nitrogen functional groups attached to an aromatic ring is 1. The lowest BCUT2D eigenvalue weighted by Crippen LogP contribution is -2.09. The second-order valence-electron chi connectivity index (χ2n) is 5.38. The van der Waals surface area contributed by atoms with E-state index in [4.69, 9.17) is 19.6 Å². The van der Waals surface area contributed by atoms with Gasteiger partial charge in [-0.25, -0.2) is 0 Å². The molecule has 0 bridgehead atoms. The van der Waals surface area contributed by atoms with Crippen molar-refractivity contribution in [3.8, 4) is 5.75 Å². The van der Waals surface area contributed by atoms with Gasteiger partial charge in [0.2, 0.25) is 0 Å². The number of benzene rings is 2. The zero-order chi connectivity index (χ0) is 20.1. The number of azo groups is 1. The topological polar surface area (TPSA) is 169 Å². The van der Waals surface area contributed by atoms with Crippen LogP contribution in [0.3, 0.4) is 0 Å². The van der Waals surface area contributed by atoms with Crippen LogP contribution in [0.25, 0.3) is 0 Å². The summed E-state index contributed by atoms with van der Waals surface area (Å²) >= 11 is 0. The van der Waals surface area contributed by atoms with Crippen LogP contribution in [0.2, 0.25) is 0 Å². The normalized spacial score (nSPS) is 12.4. The molecule has 0 unspecified atom stereocenters.